The molecule has 1 aromatic carbocycles. The highest BCUT2D eigenvalue weighted by Crippen LogP contribution is 2.28. The Bertz CT molecular complexity index is 781. The second kappa shape index (κ2) is 8.86. The lowest BCUT2D eigenvalue weighted by molar-refractivity contribution is -0.117. The number of nitrogens with zero attached hydrogens (tertiary/aromatic N) is 2. The highest BCUT2D eigenvalue weighted by Gasteiger charge is 2.21. The summed E-state index contributed by atoms with van der Waals surface area (Å²) in [5.41, 5.74) is 1.77. The fourth-order valence-electron chi connectivity index (χ4n) is 3.35. The molecule has 1 amide bonds. The van der Waals surface area contributed by atoms with Gasteiger partial charge in [-0.2, -0.15) is 0 Å². The van der Waals surface area contributed by atoms with Crippen molar-refractivity contribution in [2.24, 2.45) is 0 Å². The Kier molecular flexibility index (Phi) is 6.29. The van der Waals surface area contributed by atoms with Crippen molar-refractivity contribution in [3.63, 3.8) is 0 Å². The average Bonchev–Trinajstić information content (AvgIpc) is 3.20. The summed E-state index contributed by atoms with van der Waals surface area (Å²) in [6, 6.07) is 8.03. The Morgan fingerprint density at radius 1 is 1.30 bits per heavy atom. The number of amides is 1. The molecule has 0 saturated carbocycles. The molecular weight excluding hydrogens is 345 g/mol. The zero-order valence-corrected chi connectivity index (χ0v) is 15.8. The van der Waals surface area contributed by atoms with Gasteiger partial charge in [0, 0.05) is 43.5 Å². The van der Waals surface area contributed by atoms with Crippen LogP contribution >= 0.6 is 0 Å². The van der Waals surface area contributed by atoms with E-state index < -0.39 is 0 Å². The third kappa shape index (κ3) is 4.98. The molecule has 0 radical (unpaired) electrons. The lowest BCUT2D eigenvalue weighted by Crippen LogP contribution is -2.46. The van der Waals surface area contributed by atoms with Crippen LogP contribution in [0.25, 0.3) is 6.08 Å². The molecule has 1 saturated heterocycles. The summed E-state index contributed by atoms with van der Waals surface area (Å²) < 4.78 is 19.1. The van der Waals surface area contributed by atoms with E-state index >= 15 is 0 Å². The van der Waals surface area contributed by atoms with Crippen LogP contribution in [0.5, 0.6) is 0 Å². The molecule has 1 aromatic heterocycles. The van der Waals surface area contributed by atoms with Crippen LogP contribution in [0, 0.1) is 5.82 Å². The molecule has 1 aliphatic rings. The quantitative estimate of drug-likeness (QED) is 0.790. The molecule has 0 bridgehead atoms. The number of benzene rings is 1. The summed E-state index contributed by atoms with van der Waals surface area (Å²) in [6.45, 7) is 8.83. The maximum atomic E-state index is 13.9. The van der Waals surface area contributed by atoms with Crippen molar-refractivity contribution in [1.82, 2.24) is 10.2 Å². The Balaban J connectivity index is 1.71. The van der Waals surface area contributed by atoms with E-state index in [1.54, 1.807) is 24.5 Å². The molecular formula is C21H26FN3O2. The number of furan rings is 1. The first-order valence-electron chi connectivity index (χ1n) is 9.35. The number of anilines is 1. The molecule has 27 heavy (non-hydrogen) atoms. The van der Waals surface area contributed by atoms with Gasteiger partial charge >= 0.3 is 0 Å². The Labute approximate surface area is 159 Å². The van der Waals surface area contributed by atoms with E-state index in [0.717, 1.165) is 44.0 Å². The van der Waals surface area contributed by atoms with Crippen LogP contribution in [0.4, 0.5) is 10.1 Å². The van der Waals surface area contributed by atoms with Crippen molar-refractivity contribution >= 4 is 17.7 Å². The minimum atomic E-state index is -0.311. The molecule has 3 rings (SSSR count). The standard InChI is InChI=1S/C21H26FN3O2/c1-3-24-10-12-25(13-11-24)20-8-6-17(22)15-19(20)16(2)23-21(26)9-7-18-5-4-14-27-18/h4-9,14-16H,3,10-13H2,1-2H3,(H,23,26). The number of nitrogens with one attached hydrogen (secondary N) is 1. The van der Waals surface area contributed by atoms with Gasteiger partial charge in [-0.1, -0.05) is 6.92 Å². The molecule has 0 spiro atoms. The predicted octanol–water partition coefficient (Wildman–Crippen LogP) is 3.45. The van der Waals surface area contributed by atoms with Crippen LogP contribution < -0.4 is 10.2 Å². The van der Waals surface area contributed by atoms with E-state index in [1.807, 2.05) is 13.0 Å². The normalized spacial score (nSPS) is 16.6. The summed E-state index contributed by atoms with van der Waals surface area (Å²) in [5.74, 6) is 0.0659. The van der Waals surface area contributed by atoms with Gasteiger partial charge in [-0.25, -0.2) is 4.39 Å². The SMILES string of the molecule is CCN1CCN(c2ccc(F)cc2C(C)NC(=O)C=Cc2ccco2)CC1. The van der Waals surface area contributed by atoms with Crippen LogP contribution in [-0.2, 0) is 4.79 Å². The van der Waals surface area contributed by atoms with E-state index in [0.29, 0.717) is 5.76 Å². The Hall–Kier alpha value is -2.60. The third-order valence-corrected chi connectivity index (χ3v) is 4.92. The van der Waals surface area contributed by atoms with Crippen LogP contribution in [0.3, 0.4) is 0 Å². The lowest BCUT2D eigenvalue weighted by Gasteiger charge is -2.37. The molecule has 144 valence electrons. The summed E-state index contributed by atoms with van der Waals surface area (Å²) >= 11 is 0. The number of hydrogen-bond donors (Lipinski definition) is 1. The van der Waals surface area contributed by atoms with Gasteiger partial charge in [0.25, 0.3) is 0 Å². The summed E-state index contributed by atoms with van der Waals surface area (Å²) in [7, 11) is 0. The minimum Gasteiger partial charge on any atom is -0.465 e. The van der Waals surface area contributed by atoms with E-state index in [2.05, 4.69) is 22.0 Å². The van der Waals surface area contributed by atoms with Crippen molar-refractivity contribution < 1.29 is 13.6 Å². The van der Waals surface area contributed by atoms with Crippen molar-refractivity contribution in [2.45, 2.75) is 19.9 Å². The Morgan fingerprint density at radius 2 is 2.07 bits per heavy atom. The van der Waals surface area contributed by atoms with Gasteiger partial charge in [0.15, 0.2) is 0 Å². The average molecular weight is 371 g/mol. The van der Waals surface area contributed by atoms with Gasteiger partial charge in [0.2, 0.25) is 5.91 Å². The van der Waals surface area contributed by atoms with Crippen LogP contribution in [-0.4, -0.2) is 43.5 Å². The smallest absolute Gasteiger partial charge is 0.244 e. The first-order valence-corrected chi connectivity index (χ1v) is 9.35. The number of likely N-dealkylation sites (N-methyl/N-ethyl adjacent to an activating group) is 1. The van der Waals surface area contributed by atoms with E-state index in [9.17, 15) is 9.18 Å². The van der Waals surface area contributed by atoms with Crippen molar-refractivity contribution in [2.75, 3.05) is 37.6 Å². The van der Waals surface area contributed by atoms with Gasteiger partial charge in [0.1, 0.15) is 11.6 Å². The molecule has 1 N–H and O–H groups in total. The molecule has 2 aromatic rings. The zero-order valence-electron chi connectivity index (χ0n) is 15.8. The lowest BCUT2D eigenvalue weighted by atomic mass is 10.0. The fourth-order valence-corrected chi connectivity index (χ4v) is 3.35. The fraction of sp³-hybridized carbons (Fsp3) is 0.381. The minimum absolute atomic E-state index is 0.245. The van der Waals surface area contributed by atoms with Gasteiger partial charge in [0.05, 0.1) is 12.3 Å². The van der Waals surface area contributed by atoms with Gasteiger partial charge in [-0.05, 0) is 49.9 Å². The van der Waals surface area contributed by atoms with Crippen molar-refractivity contribution in [3.05, 3.63) is 59.8 Å². The molecule has 5 nitrogen and oxygen atoms in total. The molecule has 1 aliphatic heterocycles. The topological polar surface area (TPSA) is 48.7 Å². The number of piperazine rings is 1. The van der Waals surface area contributed by atoms with E-state index in [4.69, 9.17) is 4.42 Å². The first-order chi connectivity index (χ1) is 13.1. The number of hydrogen-bond acceptors (Lipinski definition) is 4. The monoisotopic (exact) mass is 371 g/mol. The molecule has 0 aliphatic carbocycles. The van der Waals surface area contributed by atoms with Crippen LogP contribution in [0.15, 0.2) is 47.1 Å². The van der Waals surface area contributed by atoms with Gasteiger partial charge in [-0.3, -0.25) is 4.79 Å². The van der Waals surface area contributed by atoms with Crippen LogP contribution in [0.1, 0.15) is 31.2 Å². The summed E-state index contributed by atoms with van der Waals surface area (Å²) in [5, 5.41) is 2.91. The third-order valence-electron chi connectivity index (χ3n) is 4.92. The summed E-state index contributed by atoms with van der Waals surface area (Å²) in [6.07, 6.45) is 4.59. The van der Waals surface area contributed by atoms with Crippen LogP contribution in [0.2, 0.25) is 0 Å². The van der Waals surface area contributed by atoms with Crippen molar-refractivity contribution in [3.8, 4) is 0 Å². The largest absolute Gasteiger partial charge is 0.465 e. The molecule has 2 heterocycles. The number of carbonyl (C=O) groups excluding carboxylic acids is 1. The summed E-state index contributed by atoms with van der Waals surface area (Å²) in [4.78, 5) is 16.9. The Morgan fingerprint density at radius 3 is 2.74 bits per heavy atom. The predicted molar refractivity (Wildman–Crippen MR) is 105 cm³/mol. The first kappa shape index (κ1) is 19.2. The molecule has 6 heteroatoms. The number of rotatable bonds is 6. The second-order valence-electron chi connectivity index (χ2n) is 6.70. The van der Waals surface area contributed by atoms with E-state index in [1.165, 1.54) is 18.2 Å². The number of halogens is 1. The maximum Gasteiger partial charge on any atom is 0.244 e. The van der Waals surface area contributed by atoms with Crippen molar-refractivity contribution in [1.29, 1.82) is 0 Å². The number of carbonyl (C=O) groups is 1. The maximum absolute atomic E-state index is 13.9. The highest BCUT2D eigenvalue weighted by atomic mass is 19.1. The molecule has 1 atom stereocenters. The molecule has 1 fully saturated rings. The van der Waals surface area contributed by atoms with E-state index in [-0.39, 0.29) is 17.8 Å². The second-order valence-corrected chi connectivity index (χ2v) is 6.70. The van der Waals surface area contributed by atoms with Gasteiger partial charge in [-0.15, -0.1) is 0 Å². The zero-order chi connectivity index (χ0) is 19.2. The van der Waals surface area contributed by atoms with Gasteiger partial charge < -0.3 is 19.5 Å². The highest BCUT2D eigenvalue weighted by molar-refractivity contribution is 5.91. The molecule has 1 unspecified atom stereocenters.